The maximum absolute atomic E-state index is 14.5. The third-order valence-corrected chi connectivity index (χ3v) is 11.2. The lowest BCUT2D eigenvalue weighted by atomic mass is 9.82. The summed E-state index contributed by atoms with van der Waals surface area (Å²) in [6.07, 6.45) is -1.31. The van der Waals surface area contributed by atoms with Crippen LogP contribution < -0.4 is 21.7 Å². The number of sulfone groups is 1. The largest absolute Gasteiger partial charge is 0.397 e. The van der Waals surface area contributed by atoms with Crippen LogP contribution in [-0.2, 0) is 30.1 Å². The Balaban J connectivity index is 1.70. The zero-order valence-corrected chi connectivity index (χ0v) is 29.2. The standard InChI is InChI=1S/C30H28FN7O10S3/c1-5-49(41,42)11-10-33-29-36-28(31)37-30(38-29)35-24-13(2)23(14(3)27(15(24)4)51(46,47)48)34-18-12-19(50(43,44)45)22(32)21-20(18)25(39)16-8-6-7-9-17(16)26(21)40/h5-9,12,34H,1,10-11,32H2,2-4H3,(H,43,44,45)(H,46,47,48)(H2,33,35,36,37,38). The molecule has 1 aromatic heterocycles. The predicted molar refractivity (Wildman–Crippen MR) is 183 cm³/mol. The Morgan fingerprint density at radius 3 is 1.92 bits per heavy atom. The van der Waals surface area contributed by atoms with E-state index in [1.807, 2.05) is 0 Å². The second-order valence-corrected chi connectivity index (χ2v) is 16.0. The summed E-state index contributed by atoms with van der Waals surface area (Å²) in [5.74, 6) is -2.89. The number of fused-ring (bicyclic) bond motifs is 2. The molecule has 0 spiro atoms. The number of carbonyl (C=O) groups excluding carboxylic acids is 2. The number of nitrogens with zero attached hydrogens (tertiary/aromatic N) is 3. The van der Waals surface area contributed by atoms with Gasteiger partial charge >= 0.3 is 6.08 Å². The molecule has 0 atom stereocenters. The molecule has 0 bridgehead atoms. The van der Waals surface area contributed by atoms with Gasteiger partial charge in [0.1, 0.15) is 9.79 Å². The molecule has 0 saturated carbocycles. The minimum absolute atomic E-state index is 0.0428. The average Bonchev–Trinajstić information content (AvgIpc) is 3.02. The normalized spacial score (nSPS) is 13.0. The van der Waals surface area contributed by atoms with Gasteiger partial charge in [0.25, 0.3) is 20.2 Å². The van der Waals surface area contributed by atoms with Crippen molar-refractivity contribution in [2.45, 2.75) is 30.6 Å². The summed E-state index contributed by atoms with van der Waals surface area (Å²) in [6.45, 7) is 6.97. The first-order valence-electron chi connectivity index (χ1n) is 14.4. The molecule has 0 aliphatic heterocycles. The lowest BCUT2D eigenvalue weighted by Gasteiger charge is -2.26. The third kappa shape index (κ3) is 7.01. The Bertz CT molecular complexity index is 2540. The number of hydrogen-bond donors (Lipinski definition) is 6. The molecule has 51 heavy (non-hydrogen) atoms. The number of benzene rings is 3. The van der Waals surface area contributed by atoms with Gasteiger partial charge in [0, 0.05) is 28.8 Å². The molecule has 0 radical (unpaired) electrons. The third-order valence-electron chi connectivity index (χ3n) is 7.95. The minimum Gasteiger partial charge on any atom is -0.397 e. The van der Waals surface area contributed by atoms with Crippen LogP contribution in [0.3, 0.4) is 0 Å². The first-order chi connectivity index (χ1) is 23.7. The van der Waals surface area contributed by atoms with Crippen molar-refractivity contribution in [2.75, 3.05) is 34.0 Å². The molecule has 0 fully saturated rings. The molecule has 0 amide bonds. The monoisotopic (exact) mass is 761 g/mol. The van der Waals surface area contributed by atoms with E-state index in [-0.39, 0.29) is 57.0 Å². The van der Waals surface area contributed by atoms with Gasteiger partial charge in [-0.05, 0) is 43.5 Å². The number of ketones is 2. The van der Waals surface area contributed by atoms with Gasteiger partial charge in [-0.2, -0.15) is 36.2 Å². The van der Waals surface area contributed by atoms with E-state index < -0.39 is 86.4 Å². The molecule has 7 N–H and O–H groups in total. The number of nitrogens with one attached hydrogen (secondary N) is 3. The second-order valence-electron chi connectivity index (χ2n) is 11.2. The maximum atomic E-state index is 14.5. The van der Waals surface area contributed by atoms with Crippen molar-refractivity contribution in [1.82, 2.24) is 15.0 Å². The molecule has 0 unspecified atom stereocenters. The van der Waals surface area contributed by atoms with Gasteiger partial charge in [0.2, 0.25) is 11.9 Å². The van der Waals surface area contributed by atoms with Crippen LogP contribution in [0.15, 0.2) is 52.1 Å². The Labute approximate surface area is 290 Å². The van der Waals surface area contributed by atoms with Crippen LogP contribution in [-0.4, -0.2) is 73.2 Å². The van der Waals surface area contributed by atoms with Crippen molar-refractivity contribution in [2.24, 2.45) is 0 Å². The van der Waals surface area contributed by atoms with E-state index in [1.54, 1.807) is 0 Å². The maximum Gasteiger partial charge on any atom is 0.315 e. The number of nitrogens with two attached hydrogens (primary N) is 1. The van der Waals surface area contributed by atoms with Crippen molar-refractivity contribution in [3.63, 3.8) is 0 Å². The highest BCUT2D eigenvalue weighted by molar-refractivity contribution is 7.94. The van der Waals surface area contributed by atoms with E-state index in [1.165, 1.54) is 45.0 Å². The Kier molecular flexibility index (Phi) is 9.47. The Morgan fingerprint density at radius 2 is 1.37 bits per heavy atom. The number of halogens is 1. The van der Waals surface area contributed by atoms with E-state index in [9.17, 15) is 48.3 Å². The molecule has 268 valence electrons. The summed E-state index contributed by atoms with van der Waals surface area (Å²) in [4.78, 5) is 36.9. The zero-order chi connectivity index (χ0) is 37.8. The Hall–Kier alpha value is -5.35. The van der Waals surface area contributed by atoms with Crippen LogP contribution in [0.1, 0.15) is 48.5 Å². The summed E-state index contributed by atoms with van der Waals surface area (Å²) >= 11 is 0. The van der Waals surface area contributed by atoms with Gasteiger partial charge in [-0.15, -0.1) is 0 Å². The Morgan fingerprint density at radius 1 is 0.824 bits per heavy atom. The molecule has 1 heterocycles. The number of anilines is 6. The quantitative estimate of drug-likeness (QED) is 0.0832. The first-order valence-corrected chi connectivity index (χ1v) is 19.0. The molecule has 1 aliphatic rings. The van der Waals surface area contributed by atoms with Crippen molar-refractivity contribution in [3.8, 4) is 0 Å². The number of carbonyl (C=O) groups is 2. The van der Waals surface area contributed by atoms with E-state index >= 15 is 0 Å². The summed E-state index contributed by atoms with van der Waals surface area (Å²) < 4.78 is 109. The van der Waals surface area contributed by atoms with Crippen molar-refractivity contribution in [1.29, 1.82) is 0 Å². The molecule has 4 aromatic rings. The highest BCUT2D eigenvalue weighted by Crippen LogP contribution is 2.44. The van der Waals surface area contributed by atoms with Crippen LogP contribution in [0.5, 0.6) is 0 Å². The summed E-state index contributed by atoms with van der Waals surface area (Å²) in [7, 11) is -13.8. The lowest BCUT2D eigenvalue weighted by Crippen LogP contribution is -2.25. The van der Waals surface area contributed by atoms with Crippen molar-refractivity contribution < 1.29 is 48.3 Å². The molecule has 21 heteroatoms. The van der Waals surface area contributed by atoms with Crippen molar-refractivity contribution in [3.05, 3.63) is 87.3 Å². The van der Waals surface area contributed by atoms with Gasteiger partial charge in [-0.25, -0.2) is 8.42 Å². The predicted octanol–water partition coefficient (Wildman–Crippen LogP) is 3.24. The fourth-order valence-electron chi connectivity index (χ4n) is 5.68. The number of rotatable bonds is 11. The van der Waals surface area contributed by atoms with Crippen LogP contribution in [0.25, 0.3) is 0 Å². The number of aromatic nitrogens is 3. The van der Waals surface area contributed by atoms with Gasteiger partial charge < -0.3 is 21.7 Å². The van der Waals surface area contributed by atoms with E-state index in [2.05, 4.69) is 37.5 Å². The lowest BCUT2D eigenvalue weighted by molar-refractivity contribution is 0.0980. The molecular formula is C30H28FN7O10S3. The van der Waals surface area contributed by atoms with Crippen LogP contribution in [0, 0.1) is 26.8 Å². The van der Waals surface area contributed by atoms with Gasteiger partial charge in [0.15, 0.2) is 21.4 Å². The number of hydrogen-bond acceptors (Lipinski definition) is 15. The van der Waals surface area contributed by atoms with Crippen LogP contribution in [0.4, 0.5) is 39.0 Å². The van der Waals surface area contributed by atoms with Crippen LogP contribution in [0.2, 0.25) is 0 Å². The smallest absolute Gasteiger partial charge is 0.315 e. The van der Waals surface area contributed by atoms with E-state index in [0.29, 0.717) is 0 Å². The number of nitrogen functional groups attached to an aromatic ring is 1. The second kappa shape index (κ2) is 13.1. The van der Waals surface area contributed by atoms with E-state index in [4.69, 9.17) is 5.73 Å². The average molecular weight is 762 g/mol. The molecule has 17 nitrogen and oxygen atoms in total. The van der Waals surface area contributed by atoms with Crippen molar-refractivity contribution >= 4 is 76.3 Å². The van der Waals surface area contributed by atoms with Gasteiger partial charge in [-0.1, -0.05) is 30.8 Å². The summed E-state index contributed by atoms with van der Waals surface area (Å²) in [6, 6.07) is 6.48. The molecular weight excluding hydrogens is 734 g/mol. The highest BCUT2D eigenvalue weighted by atomic mass is 32.2. The minimum atomic E-state index is -5.11. The zero-order valence-electron chi connectivity index (χ0n) is 26.8. The molecule has 5 rings (SSSR count). The SMILES string of the molecule is C=CS(=O)(=O)CCNc1nc(F)nc(Nc2c(C)c(Nc3cc(S(=O)(=O)O)c(N)c4c3C(=O)c3ccccc3C4=O)c(C)c(S(=O)(=O)O)c2C)n1. The fourth-order valence-corrected chi connectivity index (χ4v) is 7.86. The van der Waals surface area contributed by atoms with Crippen LogP contribution >= 0.6 is 0 Å². The summed E-state index contributed by atoms with van der Waals surface area (Å²) in [5.41, 5.74) is 3.55. The highest BCUT2D eigenvalue weighted by Gasteiger charge is 2.37. The topological polar surface area (TPSA) is 278 Å². The fraction of sp³-hybridized carbons (Fsp3) is 0.167. The molecule has 0 saturated heterocycles. The molecule has 1 aliphatic carbocycles. The first kappa shape index (κ1) is 36.9. The van der Waals surface area contributed by atoms with E-state index in [0.717, 1.165) is 11.5 Å². The summed E-state index contributed by atoms with van der Waals surface area (Å²) in [5, 5.41) is 8.75. The van der Waals surface area contributed by atoms with Gasteiger partial charge in [0.05, 0.1) is 33.9 Å². The molecule has 3 aromatic carbocycles. The van der Waals surface area contributed by atoms with Gasteiger partial charge in [-0.3, -0.25) is 18.7 Å².